The van der Waals surface area contributed by atoms with E-state index >= 15 is 0 Å². The van der Waals surface area contributed by atoms with E-state index in [1.807, 2.05) is 19.9 Å². The zero-order valence-electron chi connectivity index (χ0n) is 11.0. The molecule has 0 aliphatic carbocycles. The van der Waals surface area contributed by atoms with Crippen LogP contribution in [0.4, 0.5) is 0 Å². The standard InChI is InChI=1S/C15H18Cl2O/c1-4-6-7-8-11(3)13-9-12(16)10-14(17)15(13)18-5-2/h9-11H,4-5,8H2,1-3H3. The van der Waals surface area contributed by atoms with Gasteiger partial charge in [-0.1, -0.05) is 37.0 Å². The van der Waals surface area contributed by atoms with Gasteiger partial charge < -0.3 is 4.74 Å². The molecule has 0 fully saturated rings. The van der Waals surface area contributed by atoms with Gasteiger partial charge in [-0.25, -0.2) is 0 Å². The van der Waals surface area contributed by atoms with E-state index in [2.05, 4.69) is 18.8 Å². The first kappa shape index (κ1) is 15.2. The second-order valence-electron chi connectivity index (χ2n) is 4.05. The molecule has 1 rings (SSSR count). The Morgan fingerprint density at radius 1 is 1.22 bits per heavy atom. The second-order valence-corrected chi connectivity index (χ2v) is 4.89. The first-order valence-corrected chi connectivity index (χ1v) is 6.93. The van der Waals surface area contributed by atoms with Crippen LogP contribution >= 0.6 is 23.2 Å². The molecule has 0 aromatic heterocycles. The summed E-state index contributed by atoms with van der Waals surface area (Å²) < 4.78 is 5.61. The fourth-order valence-electron chi connectivity index (χ4n) is 1.70. The van der Waals surface area contributed by atoms with Gasteiger partial charge in [0.15, 0.2) is 0 Å². The Labute approximate surface area is 119 Å². The van der Waals surface area contributed by atoms with Crippen LogP contribution in [0.5, 0.6) is 5.75 Å². The van der Waals surface area contributed by atoms with Crippen molar-refractivity contribution in [2.24, 2.45) is 0 Å². The van der Waals surface area contributed by atoms with Crippen LogP contribution < -0.4 is 4.74 Å². The van der Waals surface area contributed by atoms with Crippen molar-refractivity contribution in [1.82, 2.24) is 0 Å². The fourth-order valence-corrected chi connectivity index (χ4v) is 2.27. The molecule has 0 heterocycles. The summed E-state index contributed by atoms with van der Waals surface area (Å²) >= 11 is 12.2. The van der Waals surface area contributed by atoms with E-state index in [4.69, 9.17) is 27.9 Å². The summed E-state index contributed by atoms with van der Waals surface area (Å²) in [6.07, 6.45) is 1.66. The molecule has 0 amide bonds. The minimum Gasteiger partial charge on any atom is -0.492 e. The van der Waals surface area contributed by atoms with Crippen LogP contribution in [0, 0.1) is 11.8 Å². The molecule has 0 saturated carbocycles. The number of halogens is 2. The summed E-state index contributed by atoms with van der Waals surface area (Å²) in [7, 11) is 0. The molecule has 0 saturated heterocycles. The van der Waals surface area contributed by atoms with Gasteiger partial charge >= 0.3 is 0 Å². The summed E-state index contributed by atoms with van der Waals surface area (Å²) in [4.78, 5) is 0. The molecule has 0 radical (unpaired) electrons. The highest BCUT2D eigenvalue weighted by Crippen LogP contribution is 2.37. The first-order chi connectivity index (χ1) is 8.60. The summed E-state index contributed by atoms with van der Waals surface area (Å²) in [5, 5.41) is 1.20. The molecule has 0 bridgehead atoms. The lowest BCUT2D eigenvalue weighted by molar-refractivity contribution is 0.335. The number of hydrogen-bond donors (Lipinski definition) is 0. The molecule has 18 heavy (non-hydrogen) atoms. The van der Waals surface area contributed by atoms with Crippen molar-refractivity contribution in [1.29, 1.82) is 0 Å². The maximum absolute atomic E-state index is 6.17. The number of ether oxygens (including phenoxy) is 1. The number of rotatable bonds is 4. The second kappa shape index (κ2) is 7.56. The molecule has 0 spiro atoms. The van der Waals surface area contributed by atoms with Gasteiger partial charge in [-0.15, -0.1) is 11.8 Å². The lowest BCUT2D eigenvalue weighted by Gasteiger charge is -2.16. The minimum absolute atomic E-state index is 0.252. The average molecular weight is 285 g/mol. The molecular weight excluding hydrogens is 267 g/mol. The zero-order valence-corrected chi connectivity index (χ0v) is 12.5. The highest BCUT2D eigenvalue weighted by atomic mass is 35.5. The monoisotopic (exact) mass is 284 g/mol. The molecule has 1 atom stereocenters. The predicted molar refractivity (Wildman–Crippen MR) is 78.7 cm³/mol. The number of benzene rings is 1. The lowest BCUT2D eigenvalue weighted by Crippen LogP contribution is -2.01. The van der Waals surface area contributed by atoms with Gasteiger partial charge in [0.1, 0.15) is 5.75 Å². The van der Waals surface area contributed by atoms with E-state index in [9.17, 15) is 0 Å². The predicted octanol–water partition coefficient (Wildman–Crippen LogP) is 5.30. The Hall–Kier alpha value is -0.840. The van der Waals surface area contributed by atoms with Crippen molar-refractivity contribution < 1.29 is 4.74 Å². The molecule has 98 valence electrons. The van der Waals surface area contributed by atoms with Gasteiger partial charge in [0.05, 0.1) is 11.6 Å². The molecule has 1 aromatic rings. The lowest BCUT2D eigenvalue weighted by atomic mass is 9.97. The van der Waals surface area contributed by atoms with Crippen molar-refractivity contribution >= 4 is 23.2 Å². The molecule has 0 N–H and O–H groups in total. The van der Waals surface area contributed by atoms with Crippen LogP contribution in [0.1, 0.15) is 45.1 Å². The minimum atomic E-state index is 0.252. The van der Waals surface area contributed by atoms with Crippen LogP contribution in [0.25, 0.3) is 0 Å². The van der Waals surface area contributed by atoms with Gasteiger partial charge in [-0.3, -0.25) is 0 Å². The molecule has 1 aromatic carbocycles. The van der Waals surface area contributed by atoms with E-state index in [-0.39, 0.29) is 5.92 Å². The topological polar surface area (TPSA) is 9.23 Å². The van der Waals surface area contributed by atoms with Crippen LogP contribution in [0.2, 0.25) is 10.0 Å². The molecule has 0 aliphatic heterocycles. The highest BCUT2D eigenvalue weighted by molar-refractivity contribution is 6.35. The Balaban J connectivity index is 3.04. The smallest absolute Gasteiger partial charge is 0.141 e. The molecule has 1 unspecified atom stereocenters. The SMILES string of the molecule is CCC#CCC(C)c1cc(Cl)cc(Cl)c1OCC. The molecule has 1 nitrogen and oxygen atoms in total. The summed E-state index contributed by atoms with van der Waals surface area (Å²) in [5.41, 5.74) is 1.03. The Bertz CT molecular complexity index is 458. The normalized spacial score (nSPS) is 11.6. The van der Waals surface area contributed by atoms with E-state index in [0.717, 1.165) is 24.2 Å². The third kappa shape index (κ3) is 4.12. The highest BCUT2D eigenvalue weighted by Gasteiger charge is 2.15. The largest absolute Gasteiger partial charge is 0.492 e. The molecule has 3 heteroatoms. The van der Waals surface area contributed by atoms with Crippen LogP contribution in [-0.2, 0) is 0 Å². The average Bonchev–Trinajstić information content (AvgIpc) is 2.32. The van der Waals surface area contributed by atoms with Crippen LogP contribution in [-0.4, -0.2) is 6.61 Å². The summed E-state index contributed by atoms with van der Waals surface area (Å²) in [5.74, 6) is 7.21. The van der Waals surface area contributed by atoms with Crippen LogP contribution in [0.15, 0.2) is 12.1 Å². The van der Waals surface area contributed by atoms with E-state index < -0.39 is 0 Å². The number of hydrogen-bond acceptors (Lipinski definition) is 1. The summed E-state index contributed by atoms with van der Waals surface area (Å²) in [6, 6.07) is 3.62. The van der Waals surface area contributed by atoms with E-state index in [1.165, 1.54) is 0 Å². The third-order valence-corrected chi connectivity index (χ3v) is 3.07. The van der Waals surface area contributed by atoms with Crippen LogP contribution in [0.3, 0.4) is 0 Å². The van der Waals surface area contributed by atoms with Crippen molar-refractivity contribution in [3.8, 4) is 17.6 Å². The Morgan fingerprint density at radius 3 is 2.56 bits per heavy atom. The van der Waals surface area contributed by atoms with Crippen molar-refractivity contribution in [3.05, 3.63) is 27.7 Å². The van der Waals surface area contributed by atoms with E-state index in [0.29, 0.717) is 16.7 Å². The maximum Gasteiger partial charge on any atom is 0.141 e. The fraction of sp³-hybridized carbons (Fsp3) is 0.467. The Kier molecular flexibility index (Phi) is 6.39. The van der Waals surface area contributed by atoms with Gasteiger partial charge in [0, 0.05) is 23.4 Å². The Morgan fingerprint density at radius 2 is 1.94 bits per heavy atom. The van der Waals surface area contributed by atoms with E-state index in [1.54, 1.807) is 6.07 Å². The quantitative estimate of drug-likeness (QED) is 0.682. The van der Waals surface area contributed by atoms with Gasteiger partial charge in [0.2, 0.25) is 0 Å². The van der Waals surface area contributed by atoms with Crippen molar-refractivity contribution in [2.75, 3.05) is 6.61 Å². The van der Waals surface area contributed by atoms with Crippen molar-refractivity contribution in [3.63, 3.8) is 0 Å². The van der Waals surface area contributed by atoms with Gasteiger partial charge in [-0.05, 0) is 25.0 Å². The van der Waals surface area contributed by atoms with Crippen molar-refractivity contribution in [2.45, 2.75) is 39.5 Å². The first-order valence-electron chi connectivity index (χ1n) is 6.17. The van der Waals surface area contributed by atoms with Gasteiger partial charge in [-0.2, -0.15) is 0 Å². The molecular formula is C15H18Cl2O. The summed E-state index contributed by atoms with van der Waals surface area (Å²) in [6.45, 7) is 6.67. The maximum atomic E-state index is 6.17. The molecule has 0 aliphatic rings. The third-order valence-electron chi connectivity index (χ3n) is 2.57. The van der Waals surface area contributed by atoms with Gasteiger partial charge in [0.25, 0.3) is 0 Å². The zero-order chi connectivity index (χ0) is 13.5.